The number of benzene rings is 1. The van der Waals surface area contributed by atoms with E-state index in [1.165, 1.54) is 30.2 Å². The van der Waals surface area contributed by atoms with Gasteiger partial charge in [-0.2, -0.15) is 28.6 Å². The number of aromatic nitrogens is 3. The zero-order chi connectivity index (χ0) is 18.0. The Hall–Kier alpha value is -2.42. The molecule has 6 nitrogen and oxygen atoms in total. The molecule has 9 heteroatoms. The number of aromatic amines is 1. The van der Waals surface area contributed by atoms with Crippen LogP contribution in [0.5, 0.6) is 0 Å². The van der Waals surface area contributed by atoms with Crippen LogP contribution in [0.15, 0.2) is 30.5 Å². The van der Waals surface area contributed by atoms with E-state index in [0.717, 1.165) is 6.07 Å². The number of nitrogens with one attached hydrogen (secondary N) is 1. The van der Waals surface area contributed by atoms with Gasteiger partial charge in [-0.1, -0.05) is 18.2 Å². The van der Waals surface area contributed by atoms with Gasteiger partial charge in [-0.3, -0.25) is 4.79 Å². The number of H-pyrrole nitrogens is 1. The average molecular weight is 354 g/mol. The van der Waals surface area contributed by atoms with Gasteiger partial charge in [0.05, 0.1) is 35.9 Å². The van der Waals surface area contributed by atoms with Gasteiger partial charge in [-0.25, -0.2) is 0 Å². The zero-order valence-electron chi connectivity index (χ0n) is 13.5. The second-order valence-electron chi connectivity index (χ2n) is 5.91. The Morgan fingerprint density at radius 3 is 2.76 bits per heavy atom. The van der Waals surface area contributed by atoms with Crippen molar-refractivity contribution in [2.45, 2.75) is 24.6 Å². The number of hydrogen-bond donors (Lipinski definition) is 1. The Kier molecular flexibility index (Phi) is 4.76. The molecule has 0 spiro atoms. The predicted octanol–water partition coefficient (Wildman–Crippen LogP) is 2.01. The molecule has 2 atom stereocenters. The molecule has 1 aliphatic rings. The van der Waals surface area contributed by atoms with Crippen molar-refractivity contribution in [1.82, 2.24) is 20.3 Å². The molecule has 1 aromatic heterocycles. The topological polar surface area (TPSA) is 71.1 Å². The zero-order valence-corrected chi connectivity index (χ0v) is 13.5. The number of ether oxygens (including phenoxy) is 1. The molecular formula is C16H17F3N4O2. The number of hydrogen-bond acceptors (Lipinski definition) is 4. The fourth-order valence-electron chi connectivity index (χ4n) is 3.12. The van der Waals surface area contributed by atoms with Gasteiger partial charge >= 0.3 is 6.18 Å². The van der Waals surface area contributed by atoms with Crippen molar-refractivity contribution in [2.24, 2.45) is 0 Å². The SMILES string of the molecule is CO[C@@H]1CN(C(=O)Cc2ccccc2C(F)(F)F)C[C@H]1c1cn[nH]n1. The van der Waals surface area contributed by atoms with E-state index >= 15 is 0 Å². The first-order valence-corrected chi connectivity index (χ1v) is 7.71. The molecule has 0 saturated carbocycles. The molecule has 1 N–H and O–H groups in total. The van der Waals surface area contributed by atoms with Crippen LogP contribution in [-0.2, 0) is 22.1 Å². The molecule has 0 bridgehead atoms. The van der Waals surface area contributed by atoms with E-state index in [1.54, 1.807) is 6.20 Å². The summed E-state index contributed by atoms with van der Waals surface area (Å²) in [7, 11) is 1.53. The van der Waals surface area contributed by atoms with E-state index in [2.05, 4.69) is 15.4 Å². The Labute approximate surface area is 142 Å². The molecule has 25 heavy (non-hydrogen) atoms. The number of carbonyl (C=O) groups excluding carboxylic acids is 1. The Bertz CT molecular complexity index is 733. The van der Waals surface area contributed by atoms with Crippen LogP contribution in [0.1, 0.15) is 22.7 Å². The Morgan fingerprint density at radius 1 is 1.36 bits per heavy atom. The normalized spacial score (nSPS) is 20.9. The maximum Gasteiger partial charge on any atom is 0.416 e. The minimum Gasteiger partial charge on any atom is -0.379 e. The molecular weight excluding hydrogens is 337 g/mol. The van der Waals surface area contributed by atoms with Crippen LogP contribution in [-0.4, -0.2) is 52.5 Å². The number of carbonyl (C=O) groups is 1. The second kappa shape index (κ2) is 6.83. The lowest BCUT2D eigenvalue weighted by molar-refractivity contribution is -0.138. The van der Waals surface area contributed by atoms with Crippen LogP contribution in [0.2, 0.25) is 0 Å². The van der Waals surface area contributed by atoms with Gasteiger partial charge in [0.25, 0.3) is 0 Å². The van der Waals surface area contributed by atoms with Crippen LogP contribution < -0.4 is 0 Å². The van der Waals surface area contributed by atoms with Crippen molar-refractivity contribution in [2.75, 3.05) is 20.2 Å². The summed E-state index contributed by atoms with van der Waals surface area (Å²) in [6.45, 7) is 0.638. The molecule has 1 saturated heterocycles. The van der Waals surface area contributed by atoms with Gasteiger partial charge in [0.1, 0.15) is 0 Å². The number of amides is 1. The van der Waals surface area contributed by atoms with Gasteiger partial charge in [0.15, 0.2) is 0 Å². The van der Waals surface area contributed by atoms with E-state index in [1.807, 2.05) is 0 Å². The summed E-state index contributed by atoms with van der Waals surface area (Å²) in [5.41, 5.74) is -0.143. The highest BCUT2D eigenvalue weighted by atomic mass is 19.4. The molecule has 134 valence electrons. The van der Waals surface area contributed by atoms with Gasteiger partial charge in [0, 0.05) is 20.2 Å². The first kappa shape index (κ1) is 17.4. The molecule has 2 heterocycles. The summed E-state index contributed by atoms with van der Waals surface area (Å²) < 4.78 is 44.6. The number of methoxy groups -OCH3 is 1. The highest BCUT2D eigenvalue weighted by Gasteiger charge is 2.39. The fourth-order valence-corrected chi connectivity index (χ4v) is 3.12. The molecule has 3 rings (SSSR count). The van der Waals surface area contributed by atoms with Crippen molar-refractivity contribution in [3.63, 3.8) is 0 Å². The molecule has 1 fully saturated rings. The van der Waals surface area contributed by atoms with E-state index in [0.29, 0.717) is 18.8 Å². The van der Waals surface area contributed by atoms with E-state index in [9.17, 15) is 18.0 Å². The minimum atomic E-state index is -4.49. The lowest BCUT2D eigenvalue weighted by Crippen LogP contribution is -2.31. The molecule has 0 unspecified atom stereocenters. The van der Waals surface area contributed by atoms with Crippen LogP contribution in [0, 0.1) is 0 Å². The molecule has 1 amide bonds. The number of rotatable bonds is 4. The van der Waals surface area contributed by atoms with Crippen molar-refractivity contribution in [1.29, 1.82) is 0 Å². The Morgan fingerprint density at radius 2 is 2.12 bits per heavy atom. The highest BCUT2D eigenvalue weighted by Crippen LogP contribution is 2.33. The summed E-state index contributed by atoms with van der Waals surface area (Å²) in [5.74, 6) is -0.532. The third kappa shape index (κ3) is 3.65. The second-order valence-corrected chi connectivity index (χ2v) is 5.91. The van der Waals surface area contributed by atoms with Gasteiger partial charge in [0.2, 0.25) is 5.91 Å². The lowest BCUT2D eigenvalue weighted by atomic mass is 10.0. The summed E-state index contributed by atoms with van der Waals surface area (Å²) in [5, 5.41) is 10.3. The fraction of sp³-hybridized carbons (Fsp3) is 0.438. The van der Waals surface area contributed by atoms with E-state index < -0.39 is 11.7 Å². The highest BCUT2D eigenvalue weighted by molar-refractivity contribution is 5.79. The molecule has 0 radical (unpaired) electrons. The van der Waals surface area contributed by atoms with Gasteiger partial charge < -0.3 is 9.64 Å². The number of halogens is 3. The van der Waals surface area contributed by atoms with Crippen LogP contribution in [0.25, 0.3) is 0 Å². The Balaban J connectivity index is 1.75. The first-order valence-electron chi connectivity index (χ1n) is 7.71. The van der Waals surface area contributed by atoms with Gasteiger partial charge in [-0.05, 0) is 11.6 Å². The maximum absolute atomic E-state index is 13.1. The summed E-state index contributed by atoms with van der Waals surface area (Å²) >= 11 is 0. The molecule has 0 aliphatic carbocycles. The average Bonchev–Trinajstić information content (AvgIpc) is 3.23. The maximum atomic E-state index is 13.1. The third-order valence-electron chi connectivity index (χ3n) is 4.40. The number of likely N-dealkylation sites (tertiary alicyclic amines) is 1. The van der Waals surface area contributed by atoms with E-state index in [4.69, 9.17) is 4.74 Å². The molecule has 1 aromatic carbocycles. The van der Waals surface area contributed by atoms with Crippen LogP contribution in [0.4, 0.5) is 13.2 Å². The summed E-state index contributed by atoms with van der Waals surface area (Å²) in [6.07, 6.45) is -3.51. The predicted molar refractivity (Wildman–Crippen MR) is 81.6 cm³/mol. The largest absolute Gasteiger partial charge is 0.416 e. The van der Waals surface area contributed by atoms with Crippen molar-refractivity contribution >= 4 is 5.91 Å². The summed E-state index contributed by atoms with van der Waals surface area (Å²) in [6, 6.07) is 5.13. The van der Waals surface area contributed by atoms with Crippen molar-refractivity contribution < 1.29 is 22.7 Å². The monoisotopic (exact) mass is 354 g/mol. The number of alkyl halides is 3. The minimum absolute atomic E-state index is 0.0288. The van der Waals surface area contributed by atoms with Crippen LogP contribution in [0.3, 0.4) is 0 Å². The smallest absolute Gasteiger partial charge is 0.379 e. The van der Waals surface area contributed by atoms with E-state index in [-0.39, 0.29) is 29.9 Å². The molecule has 2 aromatic rings. The first-order chi connectivity index (χ1) is 11.9. The quantitative estimate of drug-likeness (QED) is 0.912. The van der Waals surface area contributed by atoms with Gasteiger partial charge in [-0.15, -0.1) is 0 Å². The number of nitrogens with zero attached hydrogens (tertiary/aromatic N) is 3. The standard InChI is InChI=1S/C16H17F3N4O2/c1-25-14-9-23(8-11(14)13-7-20-22-21-13)15(24)6-10-4-2-3-5-12(10)16(17,18)19/h2-5,7,11,14H,6,8-9H2,1H3,(H,20,21,22)/t11-,14+/m0/s1. The summed E-state index contributed by atoms with van der Waals surface area (Å²) in [4.78, 5) is 14.0. The lowest BCUT2D eigenvalue weighted by Gasteiger charge is -2.18. The van der Waals surface area contributed by atoms with Crippen LogP contribution >= 0.6 is 0 Å². The third-order valence-corrected chi connectivity index (χ3v) is 4.40. The molecule has 1 aliphatic heterocycles. The van der Waals surface area contributed by atoms with Crippen molar-refractivity contribution in [3.8, 4) is 0 Å². The van der Waals surface area contributed by atoms with Crippen molar-refractivity contribution in [3.05, 3.63) is 47.3 Å².